The van der Waals surface area contributed by atoms with Gasteiger partial charge in [0.15, 0.2) is 0 Å². The molecule has 126 valence electrons. The van der Waals surface area contributed by atoms with Crippen LogP contribution in [0.4, 0.5) is 11.4 Å². The van der Waals surface area contributed by atoms with Crippen LogP contribution in [0.25, 0.3) is 0 Å². The minimum absolute atomic E-state index is 0.0488. The standard InChI is InChI=1S/C17H24ClN3O2/c1-17(2,3)16(23)21-13-8-7-11(10-12(13)18)20-15(22)14-6-4-5-9-19-14/h7-8,10,14,19H,4-6,9H2,1-3H3,(H,20,22)(H,21,23)/t14-/m1/s1. The van der Waals surface area contributed by atoms with Gasteiger partial charge in [0.05, 0.1) is 16.8 Å². The van der Waals surface area contributed by atoms with Gasteiger partial charge in [-0.05, 0) is 37.6 Å². The van der Waals surface area contributed by atoms with Gasteiger partial charge in [-0.15, -0.1) is 0 Å². The predicted molar refractivity (Wildman–Crippen MR) is 93.8 cm³/mol. The maximum absolute atomic E-state index is 12.2. The molecule has 6 heteroatoms. The Kier molecular flexibility index (Phi) is 5.65. The number of carbonyl (C=O) groups is 2. The number of piperidine rings is 1. The lowest BCUT2D eigenvalue weighted by Gasteiger charge is -2.22. The Hall–Kier alpha value is -1.59. The summed E-state index contributed by atoms with van der Waals surface area (Å²) >= 11 is 6.21. The van der Waals surface area contributed by atoms with E-state index in [4.69, 9.17) is 11.6 Å². The molecule has 0 saturated carbocycles. The molecule has 0 spiro atoms. The molecule has 0 aromatic heterocycles. The summed E-state index contributed by atoms with van der Waals surface area (Å²) in [5.41, 5.74) is 0.671. The number of halogens is 1. The van der Waals surface area contributed by atoms with Crippen molar-refractivity contribution in [2.24, 2.45) is 5.41 Å². The highest BCUT2D eigenvalue weighted by molar-refractivity contribution is 6.34. The Morgan fingerprint density at radius 3 is 2.52 bits per heavy atom. The number of amides is 2. The quantitative estimate of drug-likeness (QED) is 0.791. The first-order valence-electron chi connectivity index (χ1n) is 7.92. The number of carbonyl (C=O) groups excluding carboxylic acids is 2. The molecule has 1 saturated heterocycles. The fraction of sp³-hybridized carbons (Fsp3) is 0.529. The smallest absolute Gasteiger partial charge is 0.241 e. The molecule has 2 rings (SSSR count). The first-order chi connectivity index (χ1) is 10.8. The summed E-state index contributed by atoms with van der Waals surface area (Å²) in [7, 11) is 0. The van der Waals surface area contributed by atoms with Crippen LogP contribution in [0.15, 0.2) is 18.2 Å². The molecule has 2 amide bonds. The van der Waals surface area contributed by atoms with E-state index < -0.39 is 5.41 Å². The van der Waals surface area contributed by atoms with Crippen molar-refractivity contribution < 1.29 is 9.59 Å². The molecule has 1 fully saturated rings. The minimum Gasteiger partial charge on any atom is -0.325 e. The zero-order valence-electron chi connectivity index (χ0n) is 13.8. The molecule has 1 atom stereocenters. The molecule has 1 heterocycles. The summed E-state index contributed by atoms with van der Waals surface area (Å²) in [6.45, 7) is 6.38. The highest BCUT2D eigenvalue weighted by Crippen LogP contribution is 2.27. The van der Waals surface area contributed by atoms with Crippen LogP contribution < -0.4 is 16.0 Å². The molecule has 1 aliphatic rings. The van der Waals surface area contributed by atoms with Gasteiger partial charge in [-0.3, -0.25) is 9.59 Å². The van der Waals surface area contributed by atoms with Gasteiger partial charge in [-0.25, -0.2) is 0 Å². The Bertz CT molecular complexity index is 590. The second-order valence-corrected chi connectivity index (χ2v) is 7.30. The molecule has 0 radical (unpaired) electrons. The van der Waals surface area contributed by atoms with Crippen molar-refractivity contribution in [1.29, 1.82) is 0 Å². The van der Waals surface area contributed by atoms with E-state index in [2.05, 4.69) is 16.0 Å². The Morgan fingerprint density at radius 2 is 1.96 bits per heavy atom. The highest BCUT2D eigenvalue weighted by Gasteiger charge is 2.23. The topological polar surface area (TPSA) is 70.2 Å². The molecule has 1 aromatic carbocycles. The van der Waals surface area contributed by atoms with Crippen LogP contribution in [0, 0.1) is 5.41 Å². The number of nitrogens with one attached hydrogen (secondary N) is 3. The van der Waals surface area contributed by atoms with Gasteiger partial charge >= 0.3 is 0 Å². The van der Waals surface area contributed by atoms with Crippen LogP contribution in [-0.2, 0) is 9.59 Å². The maximum atomic E-state index is 12.2. The molecule has 1 aromatic rings. The normalized spacial score (nSPS) is 18.3. The molecule has 0 bridgehead atoms. The largest absolute Gasteiger partial charge is 0.325 e. The minimum atomic E-state index is -0.497. The van der Waals surface area contributed by atoms with E-state index in [9.17, 15) is 9.59 Å². The van der Waals surface area contributed by atoms with Crippen molar-refractivity contribution in [2.45, 2.75) is 46.1 Å². The summed E-state index contributed by atoms with van der Waals surface area (Å²) in [4.78, 5) is 24.2. The first kappa shape index (κ1) is 17.8. The number of rotatable bonds is 3. The Balaban J connectivity index is 2.01. The molecule has 3 N–H and O–H groups in total. The van der Waals surface area contributed by atoms with E-state index in [1.807, 2.05) is 20.8 Å². The van der Waals surface area contributed by atoms with E-state index in [0.29, 0.717) is 16.4 Å². The third kappa shape index (κ3) is 4.94. The average Bonchev–Trinajstić information content (AvgIpc) is 2.49. The predicted octanol–water partition coefficient (Wildman–Crippen LogP) is 3.41. The highest BCUT2D eigenvalue weighted by atomic mass is 35.5. The molecule has 23 heavy (non-hydrogen) atoms. The second kappa shape index (κ2) is 7.32. The van der Waals surface area contributed by atoms with E-state index in [0.717, 1.165) is 25.8 Å². The number of anilines is 2. The first-order valence-corrected chi connectivity index (χ1v) is 8.30. The van der Waals surface area contributed by atoms with Crippen molar-refractivity contribution >= 4 is 34.8 Å². The van der Waals surface area contributed by atoms with Crippen molar-refractivity contribution in [2.75, 3.05) is 17.2 Å². The van der Waals surface area contributed by atoms with Crippen molar-refractivity contribution in [3.8, 4) is 0 Å². The third-order valence-electron chi connectivity index (χ3n) is 3.79. The molecule has 0 unspecified atom stereocenters. The van der Waals surface area contributed by atoms with Gasteiger partial charge in [0, 0.05) is 11.1 Å². The summed E-state index contributed by atoms with van der Waals surface area (Å²) in [6.07, 6.45) is 3.01. The van der Waals surface area contributed by atoms with Crippen LogP contribution in [0.1, 0.15) is 40.0 Å². The summed E-state index contributed by atoms with van der Waals surface area (Å²) in [6, 6.07) is 4.95. The lowest BCUT2D eigenvalue weighted by Crippen LogP contribution is -2.43. The van der Waals surface area contributed by atoms with Crippen LogP contribution >= 0.6 is 11.6 Å². The average molecular weight is 338 g/mol. The zero-order chi connectivity index (χ0) is 17.0. The van der Waals surface area contributed by atoms with Crippen molar-refractivity contribution in [3.05, 3.63) is 23.2 Å². The molecule has 1 aliphatic heterocycles. The van der Waals surface area contributed by atoms with Gasteiger partial charge in [0.1, 0.15) is 0 Å². The van der Waals surface area contributed by atoms with Gasteiger partial charge in [-0.2, -0.15) is 0 Å². The van der Waals surface area contributed by atoms with Gasteiger partial charge < -0.3 is 16.0 Å². The van der Waals surface area contributed by atoms with Crippen LogP contribution in [-0.4, -0.2) is 24.4 Å². The Labute approximate surface area is 142 Å². The van der Waals surface area contributed by atoms with Crippen LogP contribution in [0.2, 0.25) is 5.02 Å². The Morgan fingerprint density at radius 1 is 1.22 bits per heavy atom. The van der Waals surface area contributed by atoms with E-state index in [-0.39, 0.29) is 17.9 Å². The maximum Gasteiger partial charge on any atom is 0.241 e. The van der Waals surface area contributed by atoms with Gasteiger partial charge in [-0.1, -0.05) is 38.8 Å². The number of hydrogen-bond donors (Lipinski definition) is 3. The third-order valence-corrected chi connectivity index (χ3v) is 4.11. The zero-order valence-corrected chi connectivity index (χ0v) is 14.6. The SMILES string of the molecule is CC(C)(C)C(=O)Nc1ccc(NC(=O)[C@H]2CCCCN2)cc1Cl. The van der Waals surface area contributed by atoms with Gasteiger partial charge in [0.25, 0.3) is 0 Å². The lowest BCUT2D eigenvalue weighted by molar-refractivity contribution is -0.123. The van der Waals surface area contributed by atoms with Crippen molar-refractivity contribution in [1.82, 2.24) is 5.32 Å². The second-order valence-electron chi connectivity index (χ2n) is 6.89. The number of benzene rings is 1. The summed E-state index contributed by atoms with van der Waals surface area (Å²) in [5.74, 6) is -0.158. The summed E-state index contributed by atoms with van der Waals surface area (Å²) < 4.78 is 0. The molecular weight excluding hydrogens is 314 g/mol. The van der Waals surface area contributed by atoms with Gasteiger partial charge in [0.2, 0.25) is 11.8 Å². The fourth-order valence-corrected chi connectivity index (χ4v) is 2.54. The molecule has 5 nitrogen and oxygen atoms in total. The lowest BCUT2D eigenvalue weighted by atomic mass is 9.95. The van der Waals surface area contributed by atoms with E-state index in [1.54, 1.807) is 18.2 Å². The van der Waals surface area contributed by atoms with Crippen LogP contribution in [0.5, 0.6) is 0 Å². The summed E-state index contributed by atoms with van der Waals surface area (Å²) in [5, 5.41) is 9.27. The van der Waals surface area contributed by atoms with Crippen LogP contribution in [0.3, 0.4) is 0 Å². The molecular formula is C17H24ClN3O2. The van der Waals surface area contributed by atoms with Crippen molar-refractivity contribution in [3.63, 3.8) is 0 Å². The van der Waals surface area contributed by atoms with E-state index >= 15 is 0 Å². The number of hydrogen-bond acceptors (Lipinski definition) is 3. The van der Waals surface area contributed by atoms with E-state index in [1.165, 1.54) is 0 Å². The fourth-order valence-electron chi connectivity index (χ4n) is 2.31. The molecule has 0 aliphatic carbocycles. The monoisotopic (exact) mass is 337 g/mol.